The van der Waals surface area contributed by atoms with Crippen molar-refractivity contribution in [3.8, 4) is 0 Å². The Balaban J connectivity index is 2.80. The van der Waals surface area contributed by atoms with E-state index in [0.29, 0.717) is 0 Å². The predicted molar refractivity (Wildman–Crippen MR) is 53.0 cm³/mol. The van der Waals surface area contributed by atoms with Crippen LogP contribution in [-0.2, 0) is 0 Å². The molecule has 0 aliphatic rings. The Kier molecular flexibility index (Phi) is 3.58. The molecule has 1 aromatic rings. The molecule has 0 bridgehead atoms. The van der Waals surface area contributed by atoms with Crippen molar-refractivity contribution in [1.82, 2.24) is 0 Å². The summed E-state index contributed by atoms with van der Waals surface area (Å²) < 4.78 is 25.5. The Morgan fingerprint density at radius 2 is 1.86 bits per heavy atom. The molecule has 1 nitrogen and oxygen atoms in total. The van der Waals surface area contributed by atoms with Gasteiger partial charge in [0.05, 0.1) is 0 Å². The molecule has 2 unspecified atom stereocenters. The highest BCUT2D eigenvalue weighted by atomic mass is 19.2. The summed E-state index contributed by atoms with van der Waals surface area (Å²) in [6, 6.07) is 4.06. The third-order valence-electron chi connectivity index (χ3n) is 2.24. The SMILES string of the molecule is CC(N)CC(C)c1ccc(F)c(F)c1. The maximum Gasteiger partial charge on any atom is 0.159 e. The number of hydrogen-bond acceptors (Lipinski definition) is 1. The van der Waals surface area contributed by atoms with Crippen LogP contribution in [0.4, 0.5) is 8.78 Å². The zero-order chi connectivity index (χ0) is 10.7. The first-order valence-corrected chi connectivity index (χ1v) is 4.71. The first-order valence-electron chi connectivity index (χ1n) is 4.71. The summed E-state index contributed by atoms with van der Waals surface area (Å²) in [4.78, 5) is 0. The van der Waals surface area contributed by atoms with Crippen molar-refractivity contribution in [2.45, 2.75) is 32.2 Å². The number of hydrogen-bond donors (Lipinski definition) is 1. The smallest absolute Gasteiger partial charge is 0.159 e. The van der Waals surface area contributed by atoms with Crippen molar-refractivity contribution in [2.75, 3.05) is 0 Å². The van der Waals surface area contributed by atoms with Gasteiger partial charge < -0.3 is 5.73 Å². The van der Waals surface area contributed by atoms with Gasteiger partial charge in [0.2, 0.25) is 0 Å². The normalized spacial score (nSPS) is 15.2. The highest BCUT2D eigenvalue weighted by Gasteiger charge is 2.10. The number of halogens is 2. The molecule has 0 heterocycles. The van der Waals surface area contributed by atoms with Gasteiger partial charge in [-0.05, 0) is 37.0 Å². The first kappa shape index (κ1) is 11.1. The fraction of sp³-hybridized carbons (Fsp3) is 0.455. The van der Waals surface area contributed by atoms with Crippen LogP contribution in [0.1, 0.15) is 31.7 Å². The topological polar surface area (TPSA) is 26.0 Å². The highest BCUT2D eigenvalue weighted by Crippen LogP contribution is 2.21. The van der Waals surface area contributed by atoms with Gasteiger partial charge in [-0.15, -0.1) is 0 Å². The molecule has 0 spiro atoms. The van der Waals surface area contributed by atoms with Gasteiger partial charge >= 0.3 is 0 Å². The Labute approximate surface area is 82.9 Å². The van der Waals surface area contributed by atoms with Crippen molar-refractivity contribution in [3.63, 3.8) is 0 Å². The summed E-state index contributed by atoms with van der Waals surface area (Å²) in [5, 5.41) is 0. The fourth-order valence-electron chi connectivity index (χ4n) is 1.51. The molecule has 0 amide bonds. The second-order valence-corrected chi connectivity index (χ2v) is 3.79. The van der Waals surface area contributed by atoms with Gasteiger partial charge in [0.25, 0.3) is 0 Å². The molecule has 0 aromatic heterocycles. The Morgan fingerprint density at radius 3 is 2.36 bits per heavy atom. The van der Waals surface area contributed by atoms with Gasteiger partial charge in [-0.3, -0.25) is 0 Å². The van der Waals surface area contributed by atoms with Crippen molar-refractivity contribution in [3.05, 3.63) is 35.4 Å². The molecular weight excluding hydrogens is 184 g/mol. The van der Waals surface area contributed by atoms with Gasteiger partial charge in [0.15, 0.2) is 11.6 Å². The van der Waals surface area contributed by atoms with E-state index < -0.39 is 11.6 Å². The molecule has 0 fully saturated rings. The van der Waals surface area contributed by atoms with Crippen LogP contribution in [0.25, 0.3) is 0 Å². The van der Waals surface area contributed by atoms with E-state index in [4.69, 9.17) is 5.73 Å². The molecule has 2 N–H and O–H groups in total. The van der Waals surface area contributed by atoms with Gasteiger partial charge in [-0.2, -0.15) is 0 Å². The van der Waals surface area contributed by atoms with Crippen LogP contribution < -0.4 is 5.73 Å². The molecule has 14 heavy (non-hydrogen) atoms. The van der Waals surface area contributed by atoms with Crippen LogP contribution in [0.2, 0.25) is 0 Å². The zero-order valence-electron chi connectivity index (χ0n) is 8.43. The predicted octanol–water partition coefficient (Wildman–Crippen LogP) is 2.81. The van der Waals surface area contributed by atoms with E-state index >= 15 is 0 Å². The number of rotatable bonds is 3. The van der Waals surface area contributed by atoms with Gasteiger partial charge in [-0.1, -0.05) is 13.0 Å². The average Bonchev–Trinajstić information content (AvgIpc) is 2.08. The lowest BCUT2D eigenvalue weighted by Gasteiger charge is -2.14. The lowest BCUT2D eigenvalue weighted by molar-refractivity contribution is 0.503. The molecule has 78 valence electrons. The third-order valence-corrected chi connectivity index (χ3v) is 2.24. The Hall–Kier alpha value is -0.960. The van der Waals surface area contributed by atoms with E-state index in [2.05, 4.69) is 0 Å². The van der Waals surface area contributed by atoms with Crippen molar-refractivity contribution < 1.29 is 8.78 Å². The summed E-state index contributed by atoms with van der Waals surface area (Å²) in [5.74, 6) is -1.44. The van der Waals surface area contributed by atoms with E-state index in [1.165, 1.54) is 6.07 Å². The van der Waals surface area contributed by atoms with E-state index in [9.17, 15) is 8.78 Å². The van der Waals surface area contributed by atoms with Crippen molar-refractivity contribution >= 4 is 0 Å². The first-order chi connectivity index (χ1) is 6.50. The summed E-state index contributed by atoms with van der Waals surface area (Å²) in [5.41, 5.74) is 6.42. The van der Waals surface area contributed by atoms with E-state index in [1.807, 2.05) is 13.8 Å². The molecule has 1 aromatic carbocycles. The molecule has 2 atom stereocenters. The van der Waals surface area contributed by atoms with Crippen LogP contribution in [0, 0.1) is 11.6 Å². The van der Waals surface area contributed by atoms with Crippen LogP contribution in [0.3, 0.4) is 0 Å². The summed E-state index contributed by atoms with van der Waals surface area (Å²) in [7, 11) is 0. The Bertz CT molecular complexity index is 310. The maximum absolute atomic E-state index is 12.9. The van der Waals surface area contributed by atoms with Crippen LogP contribution in [-0.4, -0.2) is 6.04 Å². The minimum Gasteiger partial charge on any atom is -0.328 e. The van der Waals surface area contributed by atoms with Crippen LogP contribution in [0.5, 0.6) is 0 Å². The summed E-state index contributed by atoms with van der Waals surface area (Å²) >= 11 is 0. The second-order valence-electron chi connectivity index (χ2n) is 3.79. The van der Waals surface area contributed by atoms with Gasteiger partial charge in [0, 0.05) is 6.04 Å². The highest BCUT2D eigenvalue weighted by molar-refractivity contribution is 5.21. The van der Waals surface area contributed by atoms with Gasteiger partial charge in [0.1, 0.15) is 0 Å². The molecule has 1 rings (SSSR count). The minimum atomic E-state index is -0.804. The second kappa shape index (κ2) is 4.51. The van der Waals surface area contributed by atoms with Gasteiger partial charge in [-0.25, -0.2) is 8.78 Å². The molecule has 0 aliphatic heterocycles. The fourth-order valence-corrected chi connectivity index (χ4v) is 1.51. The number of nitrogens with two attached hydrogens (primary N) is 1. The van der Waals surface area contributed by atoms with E-state index in [0.717, 1.165) is 18.1 Å². The number of benzene rings is 1. The monoisotopic (exact) mass is 199 g/mol. The lowest BCUT2D eigenvalue weighted by Crippen LogP contribution is -2.17. The molecule has 0 aliphatic carbocycles. The summed E-state index contributed by atoms with van der Waals surface area (Å²) in [6.45, 7) is 3.85. The summed E-state index contributed by atoms with van der Waals surface area (Å²) in [6.07, 6.45) is 0.769. The molecule has 0 saturated carbocycles. The van der Waals surface area contributed by atoms with Crippen molar-refractivity contribution in [1.29, 1.82) is 0 Å². The van der Waals surface area contributed by atoms with Crippen LogP contribution in [0.15, 0.2) is 18.2 Å². The van der Waals surface area contributed by atoms with E-state index in [1.54, 1.807) is 6.07 Å². The minimum absolute atomic E-state index is 0.0677. The largest absolute Gasteiger partial charge is 0.328 e. The molecule has 0 saturated heterocycles. The molecule has 0 radical (unpaired) electrons. The quantitative estimate of drug-likeness (QED) is 0.795. The average molecular weight is 199 g/mol. The van der Waals surface area contributed by atoms with Crippen LogP contribution >= 0.6 is 0 Å². The van der Waals surface area contributed by atoms with Crippen molar-refractivity contribution in [2.24, 2.45) is 5.73 Å². The molecular formula is C11H15F2N. The van der Waals surface area contributed by atoms with E-state index in [-0.39, 0.29) is 12.0 Å². The Morgan fingerprint density at radius 1 is 1.21 bits per heavy atom. The lowest BCUT2D eigenvalue weighted by atomic mass is 9.95. The zero-order valence-corrected chi connectivity index (χ0v) is 8.43. The maximum atomic E-state index is 12.9. The standard InChI is InChI=1S/C11H15F2N/c1-7(5-8(2)14)9-3-4-10(12)11(13)6-9/h3-4,6-8H,5,14H2,1-2H3. The molecule has 3 heteroatoms. The third kappa shape index (κ3) is 2.77.